The van der Waals surface area contributed by atoms with Crippen molar-refractivity contribution in [1.82, 2.24) is 4.90 Å². The van der Waals surface area contributed by atoms with E-state index in [9.17, 15) is 9.59 Å². The van der Waals surface area contributed by atoms with Crippen LogP contribution in [0.5, 0.6) is 11.5 Å². The standard InChI is InChI=1S/C19H29NO5/c1-6-24-17-9-15(7-8-16(17)25-12-18(21)22)19(23)20(10-13(2)3)11-14(4)5/h7-9,13-14H,6,10-12H2,1-5H3,(H,21,22). The molecule has 0 unspecified atom stereocenters. The Hall–Kier alpha value is -2.24. The van der Waals surface area contributed by atoms with Gasteiger partial charge >= 0.3 is 5.97 Å². The first-order chi connectivity index (χ1) is 11.7. The van der Waals surface area contributed by atoms with Gasteiger partial charge in [0.25, 0.3) is 5.91 Å². The zero-order valence-corrected chi connectivity index (χ0v) is 15.7. The summed E-state index contributed by atoms with van der Waals surface area (Å²) >= 11 is 0. The summed E-state index contributed by atoms with van der Waals surface area (Å²) in [6, 6.07) is 4.86. The highest BCUT2D eigenvalue weighted by molar-refractivity contribution is 5.95. The molecule has 0 aliphatic heterocycles. The molecule has 140 valence electrons. The second kappa shape index (κ2) is 9.91. The molecule has 6 nitrogen and oxygen atoms in total. The fraction of sp³-hybridized carbons (Fsp3) is 0.579. The van der Waals surface area contributed by atoms with Crippen LogP contribution in [0.4, 0.5) is 0 Å². The van der Waals surface area contributed by atoms with E-state index in [-0.39, 0.29) is 5.91 Å². The lowest BCUT2D eigenvalue weighted by Crippen LogP contribution is -2.37. The number of ether oxygens (including phenoxy) is 2. The summed E-state index contributed by atoms with van der Waals surface area (Å²) in [5, 5.41) is 8.75. The van der Waals surface area contributed by atoms with Crippen LogP contribution in [0.1, 0.15) is 45.0 Å². The smallest absolute Gasteiger partial charge is 0.341 e. The molecule has 0 aliphatic rings. The van der Waals surface area contributed by atoms with E-state index in [1.54, 1.807) is 18.2 Å². The van der Waals surface area contributed by atoms with E-state index in [0.29, 0.717) is 48.6 Å². The van der Waals surface area contributed by atoms with Crippen LogP contribution in [0.25, 0.3) is 0 Å². The molecule has 0 saturated carbocycles. The summed E-state index contributed by atoms with van der Waals surface area (Å²) in [6.45, 7) is 11.4. The van der Waals surface area contributed by atoms with Gasteiger partial charge in [0.15, 0.2) is 18.1 Å². The van der Waals surface area contributed by atoms with Crippen molar-refractivity contribution in [2.24, 2.45) is 11.8 Å². The van der Waals surface area contributed by atoms with Crippen LogP contribution in [-0.2, 0) is 4.79 Å². The van der Waals surface area contributed by atoms with Gasteiger partial charge < -0.3 is 19.5 Å². The van der Waals surface area contributed by atoms with Crippen LogP contribution in [0.3, 0.4) is 0 Å². The van der Waals surface area contributed by atoms with Gasteiger partial charge in [-0.3, -0.25) is 4.79 Å². The van der Waals surface area contributed by atoms with E-state index in [0.717, 1.165) is 0 Å². The molecule has 1 N–H and O–H groups in total. The lowest BCUT2D eigenvalue weighted by atomic mass is 10.1. The Labute approximate surface area is 149 Å². The number of benzene rings is 1. The van der Waals surface area contributed by atoms with Crippen molar-refractivity contribution in [1.29, 1.82) is 0 Å². The molecular formula is C19H29NO5. The normalized spacial score (nSPS) is 10.8. The van der Waals surface area contributed by atoms with E-state index in [4.69, 9.17) is 14.6 Å². The molecule has 0 spiro atoms. The van der Waals surface area contributed by atoms with Crippen LogP contribution in [0.2, 0.25) is 0 Å². The largest absolute Gasteiger partial charge is 0.490 e. The minimum absolute atomic E-state index is 0.0619. The number of nitrogens with zero attached hydrogens (tertiary/aromatic N) is 1. The van der Waals surface area contributed by atoms with Crippen molar-refractivity contribution in [2.45, 2.75) is 34.6 Å². The van der Waals surface area contributed by atoms with Crippen LogP contribution in [0.15, 0.2) is 18.2 Å². The summed E-state index contributed by atoms with van der Waals surface area (Å²) in [5.74, 6) is 0.305. The highest BCUT2D eigenvalue weighted by Gasteiger charge is 2.20. The maximum atomic E-state index is 12.9. The Morgan fingerprint density at radius 2 is 1.64 bits per heavy atom. The van der Waals surface area contributed by atoms with E-state index in [1.165, 1.54) is 0 Å². The predicted molar refractivity (Wildman–Crippen MR) is 96.3 cm³/mol. The Bertz CT molecular complexity index is 573. The Balaban J connectivity index is 3.06. The molecule has 6 heteroatoms. The number of hydrogen-bond donors (Lipinski definition) is 1. The highest BCUT2D eigenvalue weighted by atomic mass is 16.5. The zero-order valence-electron chi connectivity index (χ0n) is 15.7. The number of amides is 1. The van der Waals surface area contributed by atoms with Crippen molar-refractivity contribution in [2.75, 3.05) is 26.3 Å². The Morgan fingerprint density at radius 1 is 1.04 bits per heavy atom. The summed E-state index contributed by atoms with van der Waals surface area (Å²) in [4.78, 5) is 25.4. The average molecular weight is 351 g/mol. The SMILES string of the molecule is CCOc1cc(C(=O)N(CC(C)C)CC(C)C)ccc1OCC(=O)O. The van der Waals surface area contributed by atoms with Crippen LogP contribution in [-0.4, -0.2) is 48.2 Å². The van der Waals surface area contributed by atoms with Crippen LogP contribution in [0, 0.1) is 11.8 Å². The number of carboxylic acid groups (broad SMARTS) is 1. The zero-order chi connectivity index (χ0) is 19.0. The van der Waals surface area contributed by atoms with E-state index in [1.807, 2.05) is 11.8 Å². The first-order valence-electron chi connectivity index (χ1n) is 8.65. The van der Waals surface area contributed by atoms with Crippen molar-refractivity contribution in [3.05, 3.63) is 23.8 Å². The van der Waals surface area contributed by atoms with E-state index < -0.39 is 12.6 Å². The van der Waals surface area contributed by atoms with Crippen molar-refractivity contribution >= 4 is 11.9 Å². The summed E-state index contributed by atoms with van der Waals surface area (Å²) < 4.78 is 10.7. The van der Waals surface area contributed by atoms with Gasteiger partial charge in [-0.2, -0.15) is 0 Å². The quantitative estimate of drug-likeness (QED) is 0.700. The number of carboxylic acids is 1. The molecule has 0 bridgehead atoms. The monoisotopic (exact) mass is 351 g/mol. The van der Waals surface area contributed by atoms with Gasteiger partial charge in [-0.15, -0.1) is 0 Å². The van der Waals surface area contributed by atoms with Crippen LogP contribution >= 0.6 is 0 Å². The van der Waals surface area contributed by atoms with Crippen molar-refractivity contribution < 1.29 is 24.2 Å². The fourth-order valence-electron chi connectivity index (χ4n) is 2.47. The first-order valence-corrected chi connectivity index (χ1v) is 8.65. The highest BCUT2D eigenvalue weighted by Crippen LogP contribution is 2.29. The maximum absolute atomic E-state index is 12.9. The Kier molecular flexibility index (Phi) is 8.25. The minimum Gasteiger partial charge on any atom is -0.490 e. The summed E-state index contributed by atoms with van der Waals surface area (Å²) in [6.07, 6.45) is 0. The number of carbonyl (C=O) groups is 2. The van der Waals surface area contributed by atoms with Gasteiger partial charge in [0.2, 0.25) is 0 Å². The lowest BCUT2D eigenvalue weighted by Gasteiger charge is -2.26. The average Bonchev–Trinajstić information content (AvgIpc) is 2.51. The molecule has 0 heterocycles. The third-order valence-electron chi connectivity index (χ3n) is 3.30. The lowest BCUT2D eigenvalue weighted by molar-refractivity contribution is -0.139. The van der Waals surface area contributed by atoms with Gasteiger partial charge in [0.05, 0.1) is 6.61 Å². The minimum atomic E-state index is -1.07. The molecular weight excluding hydrogens is 322 g/mol. The molecule has 0 fully saturated rings. The van der Waals surface area contributed by atoms with Gasteiger partial charge in [-0.1, -0.05) is 27.7 Å². The topological polar surface area (TPSA) is 76.1 Å². The first kappa shape index (κ1) is 20.8. The number of aliphatic carboxylic acids is 1. The second-order valence-corrected chi connectivity index (χ2v) is 6.77. The molecule has 0 atom stereocenters. The molecule has 1 amide bonds. The van der Waals surface area contributed by atoms with E-state index >= 15 is 0 Å². The third-order valence-corrected chi connectivity index (χ3v) is 3.30. The molecule has 1 aromatic rings. The molecule has 0 aliphatic carbocycles. The van der Waals surface area contributed by atoms with Gasteiger partial charge in [0.1, 0.15) is 0 Å². The molecule has 0 saturated heterocycles. The number of carbonyl (C=O) groups excluding carboxylic acids is 1. The fourth-order valence-corrected chi connectivity index (χ4v) is 2.47. The molecule has 25 heavy (non-hydrogen) atoms. The van der Waals surface area contributed by atoms with Gasteiger partial charge in [-0.05, 0) is 37.0 Å². The predicted octanol–water partition coefficient (Wildman–Crippen LogP) is 3.30. The molecule has 0 radical (unpaired) electrons. The molecule has 1 rings (SSSR count). The van der Waals surface area contributed by atoms with Crippen LogP contribution < -0.4 is 9.47 Å². The van der Waals surface area contributed by atoms with Crippen molar-refractivity contribution in [3.63, 3.8) is 0 Å². The maximum Gasteiger partial charge on any atom is 0.341 e. The molecule has 0 aromatic heterocycles. The summed E-state index contributed by atoms with van der Waals surface area (Å²) in [7, 11) is 0. The summed E-state index contributed by atoms with van der Waals surface area (Å²) in [5.41, 5.74) is 0.507. The van der Waals surface area contributed by atoms with E-state index in [2.05, 4.69) is 27.7 Å². The second-order valence-electron chi connectivity index (χ2n) is 6.77. The van der Waals surface area contributed by atoms with Gasteiger partial charge in [0, 0.05) is 18.7 Å². The number of hydrogen-bond acceptors (Lipinski definition) is 4. The Morgan fingerprint density at radius 3 is 2.12 bits per heavy atom. The third kappa shape index (κ3) is 7.03. The van der Waals surface area contributed by atoms with Gasteiger partial charge in [-0.25, -0.2) is 4.79 Å². The number of rotatable bonds is 10. The van der Waals surface area contributed by atoms with Crippen molar-refractivity contribution in [3.8, 4) is 11.5 Å². The molecule has 1 aromatic carbocycles.